The Bertz CT molecular complexity index is 852. The number of unbranched alkanes of at least 4 members (excludes halogenated alkanes) is 2. The molecular weight excluding hydrogens is 406 g/mol. The first-order chi connectivity index (χ1) is 13.0. The van der Waals surface area contributed by atoms with Crippen LogP contribution in [0.1, 0.15) is 56.8 Å². The fourth-order valence-electron chi connectivity index (χ4n) is 2.42. The summed E-state index contributed by atoms with van der Waals surface area (Å²) in [4.78, 5) is 23.1. The van der Waals surface area contributed by atoms with Gasteiger partial charge in [-0.2, -0.15) is 3.71 Å². The molecule has 0 radical (unpaired) electrons. The van der Waals surface area contributed by atoms with Crippen molar-refractivity contribution in [3.8, 4) is 0 Å². The fourth-order valence-corrected chi connectivity index (χ4v) is 6.78. The van der Waals surface area contributed by atoms with Crippen molar-refractivity contribution in [2.45, 2.75) is 46.5 Å². The normalized spacial score (nSPS) is 13.1. The van der Waals surface area contributed by atoms with Crippen LogP contribution < -0.4 is 3.71 Å². The van der Waals surface area contributed by atoms with Crippen molar-refractivity contribution in [3.05, 3.63) is 29.8 Å². The molecule has 0 aliphatic rings. The number of carbonyl (C=O) groups is 2. The molecule has 0 fully saturated rings. The highest BCUT2D eigenvalue weighted by Crippen LogP contribution is 2.25. The summed E-state index contributed by atoms with van der Waals surface area (Å²) in [5.74, 6) is -3.81. The average molecular weight is 434 g/mol. The van der Waals surface area contributed by atoms with E-state index in [1.807, 2.05) is 0 Å². The van der Waals surface area contributed by atoms with Crippen LogP contribution in [0.5, 0.6) is 0 Å². The van der Waals surface area contributed by atoms with Gasteiger partial charge in [-0.1, -0.05) is 26.7 Å². The lowest BCUT2D eigenvalue weighted by Gasteiger charge is -2.24. The predicted octanol–water partition coefficient (Wildman–Crippen LogP) is 2.66. The molecule has 0 saturated carbocycles. The number of carboxylic acid groups (broad SMARTS) is 1. The maximum atomic E-state index is 12.7. The van der Waals surface area contributed by atoms with E-state index in [1.54, 1.807) is 13.8 Å². The second-order valence-electron chi connectivity index (χ2n) is 6.51. The van der Waals surface area contributed by atoms with Crippen molar-refractivity contribution in [1.82, 2.24) is 0 Å². The van der Waals surface area contributed by atoms with Crippen molar-refractivity contribution in [2.24, 2.45) is 5.92 Å². The highest BCUT2D eigenvalue weighted by Gasteiger charge is 2.33. The van der Waals surface area contributed by atoms with Crippen molar-refractivity contribution in [1.29, 1.82) is 0 Å². The van der Waals surface area contributed by atoms with Gasteiger partial charge in [0.15, 0.2) is 5.78 Å². The summed E-state index contributed by atoms with van der Waals surface area (Å²) in [7, 11) is -8.24. The van der Waals surface area contributed by atoms with Crippen molar-refractivity contribution >= 4 is 37.5 Å². The lowest BCUT2D eigenvalue weighted by molar-refractivity contribution is -0.139. The number of Topliss-reactive ketones (excluding diaryl/α,β-unsaturated/α-hetero) is 1. The molecule has 0 amide bonds. The van der Waals surface area contributed by atoms with Gasteiger partial charge in [0.2, 0.25) is 20.0 Å². The van der Waals surface area contributed by atoms with Crippen LogP contribution in [0.25, 0.3) is 0 Å². The van der Waals surface area contributed by atoms with E-state index in [9.17, 15) is 26.4 Å². The molecule has 0 bridgehead atoms. The molecule has 1 N–H and O–H groups in total. The maximum absolute atomic E-state index is 12.7. The van der Waals surface area contributed by atoms with Crippen LogP contribution in [0.3, 0.4) is 0 Å². The monoisotopic (exact) mass is 433 g/mol. The van der Waals surface area contributed by atoms with E-state index in [0.29, 0.717) is 29.4 Å². The van der Waals surface area contributed by atoms with Gasteiger partial charge in [0, 0.05) is 5.56 Å². The maximum Gasteiger partial charge on any atom is 0.314 e. The quantitative estimate of drug-likeness (QED) is 0.397. The van der Waals surface area contributed by atoms with E-state index in [0.717, 1.165) is 0 Å². The molecule has 8 nitrogen and oxygen atoms in total. The number of aliphatic carboxylic acids is 1. The number of anilines is 1. The second-order valence-corrected chi connectivity index (χ2v) is 10.6. The number of sulfonamides is 2. The lowest BCUT2D eigenvalue weighted by Crippen LogP contribution is -2.40. The second kappa shape index (κ2) is 10.0. The molecule has 0 heterocycles. The van der Waals surface area contributed by atoms with Gasteiger partial charge in [-0.15, -0.1) is 0 Å². The summed E-state index contributed by atoms with van der Waals surface area (Å²) in [6.07, 6.45) is 1.80. The van der Waals surface area contributed by atoms with E-state index < -0.39 is 37.7 Å². The Hall–Kier alpha value is -1.94. The third-order valence-corrected chi connectivity index (χ3v) is 8.55. The number of nitrogens with zero attached hydrogens (tertiary/aromatic N) is 1. The van der Waals surface area contributed by atoms with Crippen LogP contribution >= 0.6 is 0 Å². The molecule has 0 aliphatic heterocycles. The Balaban J connectivity index is 3.35. The van der Waals surface area contributed by atoms with Gasteiger partial charge < -0.3 is 5.11 Å². The van der Waals surface area contributed by atoms with Gasteiger partial charge in [0.1, 0.15) is 5.92 Å². The third-order valence-electron chi connectivity index (χ3n) is 4.14. The summed E-state index contributed by atoms with van der Waals surface area (Å²) in [6.45, 7) is 4.85. The molecule has 1 aromatic rings. The van der Waals surface area contributed by atoms with Crippen molar-refractivity contribution < 1.29 is 31.5 Å². The average Bonchev–Trinajstić information content (AvgIpc) is 2.63. The number of rotatable bonds is 12. The van der Waals surface area contributed by atoms with Gasteiger partial charge in [0.25, 0.3) is 0 Å². The smallest absolute Gasteiger partial charge is 0.314 e. The summed E-state index contributed by atoms with van der Waals surface area (Å²) < 4.78 is 51.3. The number of ketones is 1. The number of hydrogen-bond acceptors (Lipinski definition) is 6. The number of benzene rings is 1. The van der Waals surface area contributed by atoms with E-state index >= 15 is 0 Å². The highest BCUT2D eigenvalue weighted by molar-refractivity contribution is 8.10. The first kappa shape index (κ1) is 24.1. The van der Waals surface area contributed by atoms with Crippen molar-refractivity contribution in [2.75, 3.05) is 15.2 Å². The largest absolute Gasteiger partial charge is 0.481 e. The Morgan fingerprint density at radius 2 is 1.36 bits per heavy atom. The molecule has 1 unspecified atom stereocenters. The van der Waals surface area contributed by atoms with E-state index in [-0.39, 0.29) is 22.8 Å². The van der Waals surface area contributed by atoms with Crippen LogP contribution in [-0.2, 0) is 24.8 Å². The molecule has 10 heteroatoms. The fraction of sp³-hybridized carbons (Fsp3) is 0.556. The van der Waals surface area contributed by atoms with E-state index in [2.05, 4.69) is 0 Å². The molecule has 158 valence electrons. The molecule has 28 heavy (non-hydrogen) atoms. The molecule has 1 atom stereocenters. The lowest BCUT2D eigenvalue weighted by atomic mass is 9.99. The zero-order chi connectivity index (χ0) is 21.5. The number of hydrogen-bond donors (Lipinski definition) is 1. The summed E-state index contributed by atoms with van der Waals surface area (Å²) in [5, 5.41) is 8.95. The van der Waals surface area contributed by atoms with Crippen LogP contribution in [0.2, 0.25) is 0 Å². The molecular formula is C18H27NO7S2. The predicted molar refractivity (Wildman–Crippen MR) is 107 cm³/mol. The minimum Gasteiger partial charge on any atom is -0.481 e. The topological polar surface area (TPSA) is 126 Å². The van der Waals surface area contributed by atoms with E-state index in [4.69, 9.17) is 5.11 Å². The van der Waals surface area contributed by atoms with Gasteiger partial charge in [-0.25, -0.2) is 16.8 Å². The molecule has 0 aromatic heterocycles. The molecule has 0 aliphatic carbocycles. The molecule has 0 saturated heterocycles. The van der Waals surface area contributed by atoms with Crippen molar-refractivity contribution in [3.63, 3.8) is 0 Å². The SMILES string of the molecule is CCCCS(=O)(=O)N(c1ccc(C(=O)C(C)C(=O)O)cc1)S(=O)(=O)CCCC. The zero-order valence-corrected chi connectivity index (χ0v) is 17.9. The minimum atomic E-state index is -4.12. The highest BCUT2D eigenvalue weighted by atomic mass is 32.3. The van der Waals surface area contributed by atoms with Crippen LogP contribution in [0.15, 0.2) is 24.3 Å². The van der Waals surface area contributed by atoms with Gasteiger partial charge in [0.05, 0.1) is 17.2 Å². The Labute approximate surface area is 166 Å². The molecule has 0 spiro atoms. The third kappa shape index (κ3) is 6.03. The first-order valence-corrected chi connectivity index (χ1v) is 12.3. The Morgan fingerprint density at radius 1 is 0.929 bits per heavy atom. The summed E-state index contributed by atoms with van der Waals surface area (Å²) >= 11 is 0. The first-order valence-electron chi connectivity index (χ1n) is 9.10. The number of carboxylic acids is 1. The molecule has 1 rings (SSSR count). The van der Waals surface area contributed by atoms with Gasteiger partial charge in [-0.05, 0) is 44.0 Å². The number of carbonyl (C=O) groups excluding carboxylic acids is 1. The van der Waals surface area contributed by atoms with Crippen LogP contribution in [-0.4, -0.2) is 45.2 Å². The van der Waals surface area contributed by atoms with Crippen LogP contribution in [0, 0.1) is 5.92 Å². The summed E-state index contributed by atoms with van der Waals surface area (Å²) in [6, 6.07) is 4.92. The minimum absolute atomic E-state index is 0.0653. The standard InChI is InChI=1S/C18H27NO7S2/c1-4-6-12-27(23,24)19(28(25,26)13-7-5-2)16-10-8-15(9-11-16)17(20)14(3)18(21)22/h8-11,14H,4-7,12-13H2,1-3H3,(H,21,22). The Kier molecular flexibility index (Phi) is 8.62. The van der Waals surface area contributed by atoms with Gasteiger partial charge in [-0.3, -0.25) is 9.59 Å². The summed E-state index contributed by atoms with van der Waals surface area (Å²) in [5.41, 5.74) is -0.0257. The van der Waals surface area contributed by atoms with E-state index in [1.165, 1.54) is 31.2 Å². The van der Waals surface area contributed by atoms with Crippen LogP contribution in [0.4, 0.5) is 5.69 Å². The molecule has 1 aromatic carbocycles. The Morgan fingerprint density at radius 3 is 1.71 bits per heavy atom. The van der Waals surface area contributed by atoms with Gasteiger partial charge >= 0.3 is 5.97 Å². The zero-order valence-electron chi connectivity index (χ0n) is 16.3.